The maximum absolute atomic E-state index is 12.5. The van der Waals surface area contributed by atoms with E-state index < -0.39 is 17.6 Å². The molecule has 0 aliphatic heterocycles. The number of thioether (sulfide) groups is 1. The summed E-state index contributed by atoms with van der Waals surface area (Å²) in [7, 11) is 0. The Morgan fingerprint density at radius 2 is 1.88 bits per heavy atom. The van der Waals surface area contributed by atoms with Gasteiger partial charge in [-0.3, -0.25) is 10.2 Å². The van der Waals surface area contributed by atoms with E-state index in [1.54, 1.807) is 6.07 Å². The van der Waals surface area contributed by atoms with Gasteiger partial charge in [0.1, 0.15) is 5.03 Å². The number of nitrogens with zero attached hydrogens (tertiary/aromatic N) is 1. The van der Waals surface area contributed by atoms with Gasteiger partial charge in [0.15, 0.2) is 5.17 Å². The van der Waals surface area contributed by atoms with Crippen LogP contribution in [0, 0.1) is 5.41 Å². The molecule has 126 valence electrons. The van der Waals surface area contributed by atoms with Gasteiger partial charge in [0, 0.05) is 12.7 Å². The van der Waals surface area contributed by atoms with Crippen molar-refractivity contribution in [3.63, 3.8) is 0 Å². The molecular formula is C15H13F3N4OS. The van der Waals surface area contributed by atoms with Crippen LogP contribution in [0.3, 0.4) is 0 Å². The molecule has 5 nitrogen and oxygen atoms in total. The van der Waals surface area contributed by atoms with Gasteiger partial charge in [-0.15, -0.1) is 0 Å². The van der Waals surface area contributed by atoms with Crippen LogP contribution in [0.5, 0.6) is 0 Å². The number of hydrogen-bond acceptors (Lipinski definition) is 4. The van der Waals surface area contributed by atoms with Gasteiger partial charge in [-0.25, -0.2) is 4.98 Å². The Balaban J connectivity index is 1.94. The normalized spacial score (nSPS) is 11.1. The van der Waals surface area contributed by atoms with E-state index in [0.29, 0.717) is 16.2 Å². The summed E-state index contributed by atoms with van der Waals surface area (Å²) in [5, 5.41) is 10.1. The van der Waals surface area contributed by atoms with Crippen LogP contribution in [-0.2, 0) is 12.7 Å². The molecular weight excluding hydrogens is 341 g/mol. The molecule has 1 aromatic carbocycles. The van der Waals surface area contributed by atoms with E-state index in [1.807, 2.05) is 0 Å². The van der Waals surface area contributed by atoms with Crippen molar-refractivity contribution >= 4 is 22.8 Å². The van der Waals surface area contributed by atoms with Crippen molar-refractivity contribution in [2.75, 3.05) is 0 Å². The van der Waals surface area contributed by atoms with Gasteiger partial charge in [0.25, 0.3) is 5.91 Å². The molecule has 9 heteroatoms. The molecule has 2 rings (SSSR count). The molecule has 4 N–H and O–H groups in total. The molecule has 0 aliphatic rings. The van der Waals surface area contributed by atoms with Crippen LogP contribution >= 0.6 is 11.8 Å². The average Bonchev–Trinajstić information content (AvgIpc) is 2.52. The van der Waals surface area contributed by atoms with E-state index in [-0.39, 0.29) is 11.7 Å². The topological polar surface area (TPSA) is 91.9 Å². The highest BCUT2D eigenvalue weighted by Gasteiger charge is 2.29. The van der Waals surface area contributed by atoms with E-state index in [2.05, 4.69) is 10.3 Å². The average molecular weight is 354 g/mol. The third-order valence-corrected chi connectivity index (χ3v) is 3.62. The molecule has 0 unspecified atom stereocenters. The van der Waals surface area contributed by atoms with E-state index >= 15 is 0 Å². The molecule has 0 saturated carbocycles. The largest absolute Gasteiger partial charge is 0.416 e. The lowest BCUT2D eigenvalue weighted by Gasteiger charge is -2.09. The zero-order valence-electron chi connectivity index (χ0n) is 12.2. The van der Waals surface area contributed by atoms with Gasteiger partial charge in [0.05, 0.1) is 11.1 Å². The molecule has 0 aliphatic carbocycles. The quantitative estimate of drug-likeness (QED) is 0.447. The number of pyridine rings is 1. The standard InChI is InChI=1S/C15H13F3N4OS/c16-15(17,18)11-4-1-9(2-5-11)7-22-13(23)10-3-6-12(21-8-10)24-14(19)20/h1-6,8H,7H2,(H3,19,20)(H,22,23). The van der Waals surface area contributed by atoms with E-state index in [0.717, 1.165) is 23.9 Å². The first kappa shape index (κ1) is 17.8. The molecule has 1 amide bonds. The fourth-order valence-corrected chi connectivity index (χ4v) is 2.25. The fraction of sp³-hybridized carbons (Fsp3) is 0.133. The molecule has 24 heavy (non-hydrogen) atoms. The first-order valence-corrected chi connectivity index (χ1v) is 7.49. The summed E-state index contributed by atoms with van der Waals surface area (Å²) >= 11 is 0.959. The number of amidine groups is 1. The Hall–Kier alpha value is -2.55. The maximum atomic E-state index is 12.5. The van der Waals surface area contributed by atoms with E-state index in [9.17, 15) is 18.0 Å². The number of carbonyl (C=O) groups excluding carboxylic acids is 1. The van der Waals surface area contributed by atoms with E-state index in [4.69, 9.17) is 11.1 Å². The number of nitrogens with one attached hydrogen (secondary N) is 2. The summed E-state index contributed by atoms with van der Waals surface area (Å²) in [6, 6.07) is 7.65. The van der Waals surface area contributed by atoms with Gasteiger partial charge in [-0.2, -0.15) is 13.2 Å². The minimum absolute atomic E-state index is 0.0981. The number of amides is 1. The van der Waals surface area contributed by atoms with Crippen LogP contribution in [-0.4, -0.2) is 16.1 Å². The van der Waals surface area contributed by atoms with Gasteiger partial charge in [0.2, 0.25) is 0 Å². The lowest BCUT2D eigenvalue weighted by Crippen LogP contribution is -2.23. The van der Waals surface area contributed by atoms with Gasteiger partial charge in [-0.05, 0) is 41.6 Å². The molecule has 2 aromatic rings. The Labute approximate surface area is 140 Å². The second-order valence-corrected chi connectivity index (χ2v) is 5.79. The molecule has 0 saturated heterocycles. The molecule has 0 fully saturated rings. The van der Waals surface area contributed by atoms with Crippen molar-refractivity contribution in [1.29, 1.82) is 5.41 Å². The van der Waals surface area contributed by atoms with Crippen molar-refractivity contribution in [3.05, 3.63) is 59.3 Å². The Morgan fingerprint density at radius 3 is 2.38 bits per heavy atom. The van der Waals surface area contributed by atoms with Crippen LogP contribution in [0.25, 0.3) is 0 Å². The summed E-state index contributed by atoms with van der Waals surface area (Å²) in [5.74, 6) is -0.401. The molecule has 1 aromatic heterocycles. The Bertz CT molecular complexity index is 730. The lowest BCUT2D eigenvalue weighted by atomic mass is 10.1. The third kappa shape index (κ3) is 4.98. The van der Waals surface area contributed by atoms with Crippen LogP contribution in [0.2, 0.25) is 0 Å². The number of aromatic nitrogens is 1. The SMILES string of the molecule is N=C(N)Sc1ccc(C(=O)NCc2ccc(C(F)(F)F)cc2)cn1. The van der Waals surface area contributed by atoms with Crippen LogP contribution in [0.15, 0.2) is 47.6 Å². The summed E-state index contributed by atoms with van der Waals surface area (Å²) in [5.41, 5.74) is 5.34. The van der Waals surface area contributed by atoms with Crippen LogP contribution in [0.1, 0.15) is 21.5 Å². The second-order valence-electron chi connectivity index (χ2n) is 4.73. The molecule has 0 bridgehead atoms. The highest BCUT2D eigenvalue weighted by atomic mass is 32.2. The zero-order valence-corrected chi connectivity index (χ0v) is 13.0. The maximum Gasteiger partial charge on any atom is 0.416 e. The number of carbonyl (C=O) groups is 1. The predicted octanol–water partition coefficient (Wildman–Crippen LogP) is 3.02. The molecule has 1 heterocycles. The van der Waals surface area contributed by atoms with Crippen LogP contribution < -0.4 is 11.1 Å². The molecule has 0 radical (unpaired) electrons. The summed E-state index contributed by atoms with van der Waals surface area (Å²) < 4.78 is 37.4. The number of hydrogen-bond donors (Lipinski definition) is 3. The highest BCUT2D eigenvalue weighted by molar-refractivity contribution is 8.13. The van der Waals surface area contributed by atoms with Crippen molar-refractivity contribution in [1.82, 2.24) is 10.3 Å². The van der Waals surface area contributed by atoms with Crippen molar-refractivity contribution < 1.29 is 18.0 Å². The molecule has 0 atom stereocenters. The first-order valence-electron chi connectivity index (χ1n) is 6.68. The lowest BCUT2D eigenvalue weighted by molar-refractivity contribution is -0.137. The zero-order chi connectivity index (χ0) is 17.7. The summed E-state index contributed by atoms with van der Waals surface area (Å²) in [6.07, 6.45) is -3.04. The minimum Gasteiger partial charge on any atom is -0.378 e. The number of nitrogens with two attached hydrogens (primary N) is 1. The number of rotatable bonds is 4. The van der Waals surface area contributed by atoms with Gasteiger partial charge >= 0.3 is 6.18 Å². The minimum atomic E-state index is -4.38. The van der Waals surface area contributed by atoms with Crippen molar-refractivity contribution in [3.8, 4) is 0 Å². The smallest absolute Gasteiger partial charge is 0.378 e. The van der Waals surface area contributed by atoms with Crippen molar-refractivity contribution in [2.24, 2.45) is 5.73 Å². The highest BCUT2D eigenvalue weighted by Crippen LogP contribution is 2.29. The second kappa shape index (κ2) is 7.35. The van der Waals surface area contributed by atoms with Gasteiger partial charge < -0.3 is 11.1 Å². The van der Waals surface area contributed by atoms with Crippen LogP contribution in [0.4, 0.5) is 13.2 Å². The Kier molecular flexibility index (Phi) is 5.45. The number of halogens is 3. The predicted molar refractivity (Wildman–Crippen MR) is 84.6 cm³/mol. The van der Waals surface area contributed by atoms with Gasteiger partial charge in [-0.1, -0.05) is 12.1 Å². The van der Waals surface area contributed by atoms with Crippen molar-refractivity contribution in [2.45, 2.75) is 17.7 Å². The monoisotopic (exact) mass is 354 g/mol. The third-order valence-electron chi connectivity index (χ3n) is 2.95. The Morgan fingerprint density at radius 1 is 1.21 bits per heavy atom. The molecule has 0 spiro atoms. The summed E-state index contributed by atoms with van der Waals surface area (Å²) in [6.45, 7) is 0.0981. The number of benzene rings is 1. The van der Waals surface area contributed by atoms with E-state index in [1.165, 1.54) is 24.4 Å². The fourth-order valence-electron chi connectivity index (χ4n) is 1.78. The number of alkyl halides is 3. The summed E-state index contributed by atoms with van der Waals surface area (Å²) in [4.78, 5) is 16.0. The first-order chi connectivity index (χ1) is 11.3.